The van der Waals surface area contributed by atoms with E-state index in [1.54, 1.807) is 0 Å². The average Bonchev–Trinajstić information content (AvgIpc) is 3.25. The molecule has 0 aromatic carbocycles. The molecule has 4 atom stereocenters. The molecule has 0 radical (unpaired) electrons. The summed E-state index contributed by atoms with van der Waals surface area (Å²) >= 11 is 0. The predicted octanol–water partition coefficient (Wildman–Crippen LogP) is 3.96. The lowest BCUT2D eigenvalue weighted by atomic mass is 9.74. The van der Waals surface area contributed by atoms with E-state index < -0.39 is 11.7 Å². The Morgan fingerprint density at radius 3 is 2.59 bits per heavy atom. The number of hydrogen-bond donors (Lipinski definition) is 1. The van der Waals surface area contributed by atoms with Gasteiger partial charge >= 0.3 is 6.18 Å². The second kappa shape index (κ2) is 10.0. The molecular weight excluding hydrogens is 445 g/mol. The normalized spacial score (nSPS) is 30.7. The van der Waals surface area contributed by atoms with Gasteiger partial charge in [0.15, 0.2) is 0 Å². The minimum Gasteiger partial charge on any atom is -0.381 e. The Kier molecular flexibility index (Phi) is 7.43. The predicted molar refractivity (Wildman–Crippen MR) is 124 cm³/mol. The summed E-state index contributed by atoms with van der Waals surface area (Å²) in [4.78, 5) is 21.4. The van der Waals surface area contributed by atoms with Crippen LogP contribution in [0.15, 0.2) is 18.5 Å². The molecule has 9 heteroatoms. The first-order valence-corrected chi connectivity index (χ1v) is 12.5. The smallest absolute Gasteiger partial charge is 0.381 e. The SMILES string of the molecule is CC1COCCC1N[C@@H]1CCC(C(=O)N2CCN(c3cncc(C(F)(F)F)c3)CC2)(C(C)C)C1. The molecule has 1 N–H and O–H groups in total. The van der Waals surface area contributed by atoms with E-state index in [-0.39, 0.29) is 17.2 Å². The van der Waals surface area contributed by atoms with Crippen LogP contribution in [0, 0.1) is 17.3 Å². The third-order valence-corrected chi connectivity index (χ3v) is 8.15. The number of hydrogen-bond acceptors (Lipinski definition) is 5. The first-order valence-electron chi connectivity index (χ1n) is 12.5. The van der Waals surface area contributed by atoms with Crippen LogP contribution in [0.25, 0.3) is 0 Å². The molecule has 1 aromatic rings. The van der Waals surface area contributed by atoms with Crippen molar-refractivity contribution in [2.24, 2.45) is 17.3 Å². The molecule has 3 fully saturated rings. The lowest BCUT2D eigenvalue weighted by Crippen LogP contribution is -2.54. The van der Waals surface area contributed by atoms with Gasteiger partial charge in [-0.25, -0.2) is 0 Å². The van der Waals surface area contributed by atoms with E-state index in [9.17, 15) is 18.0 Å². The van der Waals surface area contributed by atoms with E-state index in [0.717, 1.165) is 51.2 Å². The minimum atomic E-state index is -4.42. The summed E-state index contributed by atoms with van der Waals surface area (Å²) in [6, 6.07) is 1.90. The van der Waals surface area contributed by atoms with Crippen molar-refractivity contribution in [3.63, 3.8) is 0 Å². The molecule has 0 bridgehead atoms. The quantitative estimate of drug-likeness (QED) is 0.689. The van der Waals surface area contributed by atoms with Crippen molar-refractivity contribution in [2.45, 2.75) is 64.7 Å². The van der Waals surface area contributed by atoms with Gasteiger partial charge in [0, 0.05) is 51.1 Å². The summed E-state index contributed by atoms with van der Waals surface area (Å²) in [7, 11) is 0. The van der Waals surface area contributed by atoms with Gasteiger partial charge in [-0.1, -0.05) is 20.8 Å². The van der Waals surface area contributed by atoms with Crippen LogP contribution in [0.3, 0.4) is 0 Å². The molecule has 1 amide bonds. The van der Waals surface area contributed by atoms with Crippen molar-refractivity contribution in [1.29, 1.82) is 0 Å². The minimum absolute atomic E-state index is 0.202. The molecule has 3 heterocycles. The second-order valence-electron chi connectivity index (χ2n) is 10.6. The topological polar surface area (TPSA) is 57.7 Å². The maximum Gasteiger partial charge on any atom is 0.417 e. The van der Waals surface area contributed by atoms with Gasteiger partial charge in [-0.3, -0.25) is 9.78 Å². The largest absolute Gasteiger partial charge is 0.417 e. The van der Waals surface area contributed by atoms with Crippen molar-refractivity contribution in [1.82, 2.24) is 15.2 Å². The van der Waals surface area contributed by atoms with Crippen LogP contribution in [0.5, 0.6) is 0 Å². The van der Waals surface area contributed by atoms with Crippen LogP contribution in [0.4, 0.5) is 18.9 Å². The number of carbonyl (C=O) groups is 1. The van der Waals surface area contributed by atoms with Crippen LogP contribution < -0.4 is 10.2 Å². The molecule has 34 heavy (non-hydrogen) atoms. The van der Waals surface area contributed by atoms with E-state index >= 15 is 0 Å². The van der Waals surface area contributed by atoms with Crippen molar-refractivity contribution in [2.75, 3.05) is 44.3 Å². The molecule has 1 aliphatic carbocycles. The number of alkyl halides is 3. The summed E-state index contributed by atoms with van der Waals surface area (Å²) in [5, 5.41) is 3.82. The van der Waals surface area contributed by atoms with Crippen LogP contribution >= 0.6 is 0 Å². The molecule has 1 aromatic heterocycles. The Morgan fingerprint density at radius 1 is 1.21 bits per heavy atom. The number of pyridine rings is 1. The van der Waals surface area contributed by atoms with E-state index in [2.05, 4.69) is 31.1 Å². The highest BCUT2D eigenvalue weighted by Gasteiger charge is 2.50. The van der Waals surface area contributed by atoms with Crippen molar-refractivity contribution < 1.29 is 22.7 Å². The highest BCUT2D eigenvalue weighted by atomic mass is 19.4. The number of ether oxygens (including phenoxy) is 1. The van der Waals surface area contributed by atoms with Crippen LogP contribution in [-0.4, -0.2) is 67.3 Å². The van der Waals surface area contributed by atoms with Gasteiger partial charge in [-0.05, 0) is 43.6 Å². The molecule has 6 nitrogen and oxygen atoms in total. The summed E-state index contributed by atoms with van der Waals surface area (Å²) in [5.74, 6) is 0.898. The molecule has 3 unspecified atom stereocenters. The van der Waals surface area contributed by atoms with Crippen molar-refractivity contribution >= 4 is 11.6 Å². The standard InChI is InChI=1S/C25H37F3N4O2/c1-17(2)24(6-4-20(13-24)30-22-5-11-34-16-18(22)3)23(33)32-9-7-31(8-10-32)21-12-19(14-29-15-21)25(26,27)28/h12,14-15,17-18,20,22,30H,4-11,13,16H2,1-3H3/t18?,20-,22?,24?/m1/s1. The fraction of sp³-hybridized carbons (Fsp3) is 0.760. The lowest BCUT2D eigenvalue weighted by molar-refractivity contribution is -0.145. The number of carbonyl (C=O) groups excluding carboxylic acids is 1. The monoisotopic (exact) mass is 482 g/mol. The first-order chi connectivity index (χ1) is 16.1. The van der Waals surface area contributed by atoms with Crippen LogP contribution in [0.2, 0.25) is 0 Å². The van der Waals surface area contributed by atoms with E-state index in [1.165, 1.54) is 6.20 Å². The number of nitrogens with one attached hydrogen (secondary N) is 1. The van der Waals surface area contributed by atoms with E-state index in [0.29, 0.717) is 49.9 Å². The van der Waals surface area contributed by atoms with Crippen LogP contribution in [-0.2, 0) is 15.7 Å². The van der Waals surface area contributed by atoms with Gasteiger partial charge in [-0.2, -0.15) is 13.2 Å². The zero-order valence-electron chi connectivity index (χ0n) is 20.4. The van der Waals surface area contributed by atoms with Gasteiger partial charge < -0.3 is 19.9 Å². The number of halogens is 3. The number of aromatic nitrogens is 1. The average molecular weight is 483 g/mol. The summed E-state index contributed by atoms with van der Waals surface area (Å²) in [5.41, 5.74) is -0.673. The molecule has 2 saturated heterocycles. The molecule has 0 spiro atoms. The fourth-order valence-corrected chi connectivity index (χ4v) is 5.85. The molecule has 3 aliphatic rings. The summed E-state index contributed by atoms with van der Waals surface area (Å²) in [6.07, 6.45) is 1.60. The van der Waals surface area contributed by atoms with Gasteiger partial charge in [0.25, 0.3) is 0 Å². The number of piperazine rings is 1. The Bertz CT molecular complexity index is 857. The summed E-state index contributed by atoms with van der Waals surface area (Å²) < 4.78 is 44.8. The Hall–Kier alpha value is -1.87. The Labute approximate surface area is 200 Å². The molecule has 1 saturated carbocycles. The third kappa shape index (κ3) is 5.20. The molecule has 190 valence electrons. The van der Waals surface area contributed by atoms with Gasteiger partial charge in [0.1, 0.15) is 0 Å². The number of amides is 1. The number of rotatable bonds is 5. The van der Waals surface area contributed by atoms with Gasteiger partial charge in [0.2, 0.25) is 5.91 Å². The third-order valence-electron chi connectivity index (χ3n) is 8.15. The van der Waals surface area contributed by atoms with Crippen molar-refractivity contribution in [3.05, 3.63) is 24.0 Å². The first kappa shape index (κ1) is 25.2. The molecule has 2 aliphatic heterocycles. The van der Waals surface area contributed by atoms with E-state index in [4.69, 9.17) is 4.74 Å². The fourth-order valence-electron chi connectivity index (χ4n) is 5.85. The molecule has 4 rings (SSSR count). The number of anilines is 1. The Morgan fingerprint density at radius 2 is 1.94 bits per heavy atom. The maximum atomic E-state index is 13.8. The maximum absolute atomic E-state index is 13.8. The molecular formula is C25H37F3N4O2. The van der Waals surface area contributed by atoms with E-state index in [1.807, 2.05) is 9.80 Å². The second-order valence-corrected chi connectivity index (χ2v) is 10.6. The zero-order chi connectivity index (χ0) is 24.5. The zero-order valence-corrected chi connectivity index (χ0v) is 20.4. The highest BCUT2D eigenvalue weighted by Crippen LogP contribution is 2.46. The van der Waals surface area contributed by atoms with Crippen molar-refractivity contribution in [3.8, 4) is 0 Å². The number of nitrogens with zero attached hydrogens (tertiary/aromatic N) is 3. The Balaban J connectivity index is 1.38. The van der Waals surface area contributed by atoms with Crippen LogP contribution in [0.1, 0.15) is 52.0 Å². The van der Waals surface area contributed by atoms with Gasteiger partial charge in [0.05, 0.1) is 29.5 Å². The summed E-state index contributed by atoms with van der Waals surface area (Å²) in [6.45, 7) is 10.1. The highest BCUT2D eigenvalue weighted by molar-refractivity contribution is 5.84. The van der Waals surface area contributed by atoms with Gasteiger partial charge in [-0.15, -0.1) is 0 Å². The lowest BCUT2D eigenvalue weighted by Gasteiger charge is -2.42.